The van der Waals surface area contributed by atoms with Gasteiger partial charge >= 0.3 is 6.09 Å². The van der Waals surface area contributed by atoms with Crippen LogP contribution in [0.2, 0.25) is 0 Å². The van der Waals surface area contributed by atoms with Crippen LogP contribution in [0.25, 0.3) is 11.5 Å². The van der Waals surface area contributed by atoms with Gasteiger partial charge in [-0.3, -0.25) is 4.79 Å². The number of likely N-dealkylation sites (tertiary alicyclic amines) is 1. The maximum absolute atomic E-state index is 12.6. The molecule has 4 aliphatic heterocycles. The molecule has 5 rings (SSSR count). The number of anilines is 1. The number of nitrogens with one attached hydrogen (secondary N) is 1. The number of hydrogen-bond donors (Lipinski definition) is 3. The molecule has 2 amide bonds. The monoisotopic (exact) mass is 605 g/mol. The molecule has 0 unspecified atom stereocenters. The second-order valence-electron chi connectivity index (χ2n) is 9.38. The fourth-order valence-corrected chi connectivity index (χ4v) is 5.97. The molecule has 1 fully saturated rings. The molecule has 0 radical (unpaired) electrons. The van der Waals surface area contributed by atoms with Gasteiger partial charge in [0.25, 0.3) is 0 Å². The smallest absolute Gasteiger partial charge is 0.404 e. The molecule has 4 N–H and O–H groups in total. The number of fused-ring (bicyclic) bond motifs is 2. The molecule has 1 aromatic carbocycles. The van der Waals surface area contributed by atoms with Gasteiger partial charge in [-0.05, 0) is 65.0 Å². The van der Waals surface area contributed by atoms with Gasteiger partial charge < -0.3 is 35.1 Å². The molecule has 0 aliphatic carbocycles. The van der Waals surface area contributed by atoms with Gasteiger partial charge in [-0.25, -0.2) is 19.7 Å². The van der Waals surface area contributed by atoms with Crippen molar-refractivity contribution in [3.63, 3.8) is 0 Å². The third-order valence-electron chi connectivity index (χ3n) is 6.79. The normalized spacial score (nSPS) is 16.1. The molecule has 1 atom stereocenters. The Hall–Kier alpha value is -3.26. The van der Waals surface area contributed by atoms with Crippen molar-refractivity contribution in [2.75, 3.05) is 32.2 Å². The first-order valence-electron chi connectivity index (χ1n) is 12.3. The lowest BCUT2D eigenvalue weighted by Gasteiger charge is -2.33. The number of carbonyl (C=O) groups excluding carboxylic acids is 1. The van der Waals surface area contributed by atoms with Crippen molar-refractivity contribution in [2.24, 2.45) is 11.8 Å². The van der Waals surface area contributed by atoms with Gasteiger partial charge in [-0.1, -0.05) is 6.92 Å². The van der Waals surface area contributed by atoms with E-state index in [1.54, 1.807) is 13.3 Å². The fourth-order valence-electron chi connectivity index (χ4n) is 4.62. The lowest BCUT2D eigenvalue weighted by Crippen LogP contribution is -2.44. The third kappa shape index (κ3) is 5.75. The molecule has 0 aromatic heterocycles. The van der Waals surface area contributed by atoms with E-state index in [1.807, 2.05) is 21.6 Å². The quantitative estimate of drug-likeness (QED) is 0.347. The van der Waals surface area contributed by atoms with Crippen LogP contribution >= 0.6 is 27.7 Å². The van der Waals surface area contributed by atoms with Crippen LogP contribution in [0.1, 0.15) is 26.2 Å². The summed E-state index contributed by atoms with van der Waals surface area (Å²) in [6.45, 7) is 4.12. The van der Waals surface area contributed by atoms with Crippen LogP contribution in [0.3, 0.4) is 0 Å². The Morgan fingerprint density at radius 3 is 2.74 bits per heavy atom. The Morgan fingerprint density at radius 2 is 2.00 bits per heavy atom. The number of carbonyl (C=O) groups is 2. The van der Waals surface area contributed by atoms with E-state index < -0.39 is 6.09 Å². The molecule has 4 aliphatic rings. The summed E-state index contributed by atoms with van der Waals surface area (Å²) in [4.78, 5) is 39.8. The van der Waals surface area contributed by atoms with Crippen molar-refractivity contribution < 1.29 is 24.2 Å². The van der Waals surface area contributed by atoms with E-state index in [0.717, 1.165) is 28.6 Å². The number of nitrogens with two attached hydrogens (primary N) is 1. The Labute approximate surface area is 231 Å². The number of ether oxygens (including phenoxy) is 2. The zero-order valence-corrected chi connectivity index (χ0v) is 23.1. The standard InChI is InChI=1S/C24H28BrN7O5S/c1-13(10-27-24(34)35)22(33)31-5-2-14(3-6-31)4-7-32-11-28-20(26)19-21(32)30-23(29-19)38-18-9-17-16(8-15(18)25)36-12-37-17/h8-9,11,13-14,27H,2-7,10,12,26H2,1H3,(H,34,35)/t13-/m0/s1. The van der Waals surface area contributed by atoms with Crippen LogP contribution in [0.4, 0.5) is 10.6 Å². The van der Waals surface area contributed by atoms with Gasteiger partial charge in [0.2, 0.25) is 12.7 Å². The van der Waals surface area contributed by atoms with E-state index in [0.29, 0.717) is 59.5 Å². The van der Waals surface area contributed by atoms with Crippen LogP contribution in [0.15, 0.2) is 33.0 Å². The van der Waals surface area contributed by atoms with Crippen LogP contribution in [-0.4, -0.2) is 68.0 Å². The van der Waals surface area contributed by atoms with E-state index in [4.69, 9.17) is 25.3 Å². The highest BCUT2D eigenvalue weighted by atomic mass is 79.9. The van der Waals surface area contributed by atoms with Gasteiger partial charge in [-0.2, -0.15) is 0 Å². The predicted octanol–water partition coefficient (Wildman–Crippen LogP) is 3.53. The van der Waals surface area contributed by atoms with Crippen LogP contribution in [0.5, 0.6) is 11.5 Å². The first kappa shape index (κ1) is 26.4. The summed E-state index contributed by atoms with van der Waals surface area (Å²) in [5.41, 5.74) is 6.69. The molecule has 0 saturated carbocycles. The van der Waals surface area contributed by atoms with Crippen molar-refractivity contribution in [1.82, 2.24) is 29.7 Å². The molecule has 1 aromatic rings. The maximum Gasteiger partial charge on any atom is 0.404 e. The van der Waals surface area contributed by atoms with Crippen LogP contribution in [0, 0.1) is 11.8 Å². The molecule has 0 spiro atoms. The van der Waals surface area contributed by atoms with Gasteiger partial charge in [0.15, 0.2) is 34.0 Å². The lowest BCUT2D eigenvalue weighted by atomic mass is 9.92. The van der Waals surface area contributed by atoms with Crippen molar-refractivity contribution in [3.05, 3.63) is 22.9 Å². The molecule has 1 saturated heterocycles. The minimum atomic E-state index is -1.12. The van der Waals surface area contributed by atoms with E-state index in [9.17, 15) is 9.59 Å². The number of benzene rings is 1. The topological polar surface area (TPSA) is 158 Å². The summed E-state index contributed by atoms with van der Waals surface area (Å²) in [5.74, 6) is 2.45. The minimum Gasteiger partial charge on any atom is -0.465 e. The Kier molecular flexibility index (Phi) is 7.79. The molecule has 0 bridgehead atoms. The van der Waals surface area contributed by atoms with Gasteiger partial charge in [0, 0.05) is 35.5 Å². The van der Waals surface area contributed by atoms with Crippen molar-refractivity contribution >= 4 is 45.5 Å². The molecule has 14 heteroatoms. The number of nitrogens with zero attached hydrogens (tertiary/aromatic N) is 5. The summed E-state index contributed by atoms with van der Waals surface area (Å²) < 4.78 is 13.8. The Bertz CT molecular complexity index is 1310. The van der Waals surface area contributed by atoms with E-state index in [2.05, 4.69) is 31.2 Å². The van der Waals surface area contributed by atoms with Gasteiger partial charge in [0.05, 0.1) is 12.2 Å². The highest BCUT2D eigenvalue weighted by Gasteiger charge is 2.27. The van der Waals surface area contributed by atoms with Gasteiger partial charge in [-0.15, -0.1) is 0 Å². The lowest BCUT2D eigenvalue weighted by molar-refractivity contribution is -0.136. The average Bonchev–Trinajstić information content (AvgIpc) is 3.54. The number of amides is 2. The van der Waals surface area contributed by atoms with E-state index in [-0.39, 0.29) is 25.2 Å². The fraction of sp³-hybridized carbons (Fsp3) is 0.458. The number of rotatable bonds is 8. The highest BCUT2D eigenvalue weighted by molar-refractivity contribution is 9.10. The average molecular weight is 607 g/mol. The number of aryl methyl sites for hydroxylation is 1. The molecular weight excluding hydrogens is 578 g/mol. The second kappa shape index (κ2) is 11.2. The van der Waals surface area contributed by atoms with E-state index in [1.165, 1.54) is 11.8 Å². The van der Waals surface area contributed by atoms with Crippen molar-refractivity contribution in [2.45, 2.75) is 42.8 Å². The van der Waals surface area contributed by atoms with Crippen molar-refractivity contribution in [3.8, 4) is 23.0 Å². The molecule has 38 heavy (non-hydrogen) atoms. The first-order valence-corrected chi connectivity index (χ1v) is 13.9. The number of aromatic nitrogens is 4. The number of halogens is 1. The number of carboxylic acid groups (broad SMARTS) is 1. The highest BCUT2D eigenvalue weighted by Crippen LogP contribution is 2.43. The summed E-state index contributed by atoms with van der Waals surface area (Å²) in [7, 11) is 0. The van der Waals surface area contributed by atoms with Gasteiger partial charge in [0.1, 0.15) is 0 Å². The second-order valence-corrected chi connectivity index (χ2v) is 11.2. The van der Waals surface area contributed by atoms with Crippen LogP contribution in [-0.2, 0) is 11.3 Å². The summed E-state index contributed by atoms with van der Waals surface area (Å²) in [5, 5.41) is 11.6. The Balaban J connectivity index is 1.20. The van der Waals surface area contributed by atoms with Crippen molar-refractivity contribution in [1.29, 1.82) is 0 Å². The predicted molar refractivity (Wildman–Crippen MR) is 142 cm³/mol. The molecule has 202 valence electrons. The van der Waals surface area contributed by atoms with E-state index >= 15 is 0 Å². The summed E-state index contributed by atoms with van der Waals surface area (Å²) >= 11 is 4.98. The number of imidazole rings is 1. The Morgan fingerprint density at radius 1 is 1.26 bits per heavy atom. The SMILES string of the molecule is C[C@@H](CNC(=O)O)C(=O)N1CCC(CCn2cnc(N)c3nc(Sc4cc5c(cc4Br)OCO5)nc2-3)CC1. The molecular formula is C24H28BrN7O5S. The number of nitrogen functional groups attached to an aromatic ring is 1. The number of hydrogen-bond acceptors (Lipinski definition) is 9. The summed E-state index contributed by atoms with van der Waals surface area (Å²) in [6.07, 6.45) is 3.28. The molecule has 4 heterocycles. The first-order chi connectivity index (χ1) is 18.3. The zero-order valence-electron chi connectivity index (χ0n) is 20.7. The zero-order chi connectivity index (χ0) is 26.8. The summed E-state index contributed by atoms with van der Waals surface area (Å²) in [6, 6.07) is 3.77. The third-order valence-corrected chi connectivity index (χ3v) is 8.63. The minimum absolute atomic E-state index is 0.0118. The molecule has 12 nitrogen and oxygen atoms in total. The maximum atomic E-state index is 12.6. The number of piperidine rings is 1. The van der Waals surface area contributed by atoms with Crippen LogP contribution < -0.4 is 20.5 Å². The largest absolute Gasteiger partial charge is 0.465 e.